The van der Waals surface area contributed by atoms with E-state index in [1.165, 1.54) is 31.3 Å². The minimum atomic E-state index is -0.162. The molecule has 1 rings (SSSR count). The van der Waals surface area contributed by atoms with Gasteiger partial charge in [-0.2, -0.15) is 11.8 Å². The summed E-state index contributed by atoms with van der Waals surface area (Å²) in [4.78, 5) is 0. The first-order chi connectivity index (χ1) is 6.34. The van der Waals surface area contributed by atoms with E-state index in [-0.39, 0.29) is 6.10 Å². The molecular formula is C11H20OS. The third-order valence-electron chi connectivity index (χ3n) is 2.60. The van der Waals surface area contributed by atoms with Crippen molar-refractivity contribution in [2.24, 2.45) is 0 Å². The smallest absolute Gasteiger partial charge is 0.0758 e. The van der Waals surface area contributed by atoms with Crippen LogP contribution >= 0.6 is 11.8 Å². The molecule has 1 nitrogen and oxygen atoms in total. The highest BCUT2D eigenvalue weighted by Crippen LogP contribution is 2.21. The number of thioether (sulfide) groups is 1. The van der Waals surface area contributed by atoms with Gasteiger partial charge in [-0.1, -0.05) is 12.5 Å². The Morgan fingerprint density at radius 2 is 2.31 bits per heavy atom. The summed E-state index contributed by atoms with van der Waals surface area (Å²) in [7, 11) is 0. The van der Waals surface area contributed by atoms with Gasteiger partial charge in [0.1, 0.15) is 0 Å². The van der Waals surface area contributed by atoms with Crippen molar-refractivity contribution in [3.8, 4) is 0 Å². The molecule has 0 aromatic carbocycles. The molecule has 0 fully saturated rings. The second-order valence-corrected chi connectivity index (χ2v) is 4.66. The van der Waals surface area contributed by atoms with Crippen molar-refractivity contribution in [2.75, 3.05) is 12.0 Å². The molecule has 1 aliphatic carbocycles. The highest BCUT2D eigenvalue weighted by molar-refractivity contribution is 7.98. The van der Waals surface area contributed by atoms with E-state index in [1.807, 2.05) is 11.8 Å². The maximum absolute atomic E-state index is 9.85. The van der Waals surface area contributed by atoms with Crippen molar-refractivity contribution >= 4 is 11.8 Å². The predicted octanol–water partition coefficient (Wildman–Crippen LogP) is 2.99. The summed E-state index contributed by atoms with van der Waals surface area (Å²) in [5, 5.41) is 9.85. The zero-order chi connectivity index (χ0) is 9.52. The molecule has 0 spiro atoms. The molecule has 0 amide bonds. The minimum absolute atomic E-state index is 0.162. The van der Waals surface area contributed by atoms with Gasteiger partial charge >= 0.3 is 0 Å². The van der Waals surface area contributed by atoms with Crippen LogP contribution in [-0.2, 0) is 0 Å². The van der Waals surface area contributed by atoms with Gasteiger partial charge < -0.3 is 5.11 Å². The molecule has 1 unspecified atom stereocenters. The van der Waals surface area contributed by atoms with E-state index >= 15 is 0 Å². The predicted molar refractivity (Wildman–Crippen MR) is 60.2 cm³/mol. The Bertz CT molecular complexity index is 165. The Hall–Kier alpha value is 0.0500. The lowest BCUT2D eigenvalue weighted by molar-refractivity contribution is 0.203. The fourth-order valence-corrected chi connectivity index (χ4v) is 2.22. The Balaban J connectivity index is 2.34. The highest BCUT2D eigenvalue weighted by atomic mass is 32.2. The summed E-state index contributed by atoms with van der Waals surface area (Å²) < 4.78 is 0. The number of rotatable bonds is 4. The molecule has 1 atom stereocenters. The summed E-state index contributed by atoms with van der Waals surface area (Å²) in [5.74, 6) is 1.07. The van der Waals surface area contributed by atoms with E-state index < -0.39 is 0 Å². The van der Waals surface area contributed by atoms with Crippen LogP contribution in [0.2, 0.25) is 0 Å². The molecule has 0 aromatic rings. The van der Waals surface area contributed by atoms with Crippen molar-refractivity contribution in [3.63, 3.8) is 0 Å². The first-order valence-electron chi connectivity index (χ1n) is 5.20. The van der Waals surface area contributed by atoms with Gasteiger partial charge in [-0.25, -0.2) is 0 Å². The van der Waals surface area contributed by atoms with E-state index in [2.05, 4.69) is 12.3 Å². The summed E-state index contributed by atoms with van der Waals surface area (Å²) in [6.45, 7) is 0. The van der Waals surface area contributed by atoms with Gasteiger partial charge in [0.15, 0.2) is 0 Å². The molecule has 1 N–H and O–H groups in total. The van der Waals surface area contributed by atoms with Crippen LogP contribution in [0, 0.1) is 0 Å². The maximum Gasteiger partial charge on any atom is 0.0758 e. The lowest BCUT2D eigenvalue weighted by Crippen LogP contribution is -2.11. The monoisotopic (exact) mass is 200 g/mol. The zero-order valence-electron chi connectivity index (χ0n) is 8.46. The van der Waals surface area contributed by atoms with E-state index in [1.54, 1.807) is 0 Å². The molecule has 13 heavy (non-hydrogen) atoms. The van der Waals surface area contributed by atoms with E-state index in [9.17, 15) is 5.11 Å². The van der Waals surface area contributed by atoms with Crippen LogP contribution in [0.15, 0.2) is 11.6 Å². The molecule has 0 heterocycles. The summed E-state index contributed by atoms with van der Waals surface area (Å²) in [6.07, 6.45) is 11.3. The lowest BCUT2D eigenvalue weighted by Gasteiger charge is -2.13. The molecule has 0 aliphatic heterocycles. The van der Waals surface area contributed by atoms with E-state index in [4.69, 9.17) is 0 Å². The third kappa shape index (κ3) is 4.19. The first-order valence-corrected chi connectivity index (χ1v) is 6.60. The van der Waals surface area contributed by atoms with Crippen LogP contribution in [0.4, 0.5) is 0 Å². The van der Waals surface area contributed by atoms with Gasteiger partial charge in [0.05, 0.1) is 6.10 Å². The fourth-order valence-electron chi connectivity index (χ4n) is 1.76. The van der Waals surface area contributed by atoms with Crippen molar-refractivity contribution in [1.29, 1.82) is 0 Å². The van der Waals surface area contributed by atoms with Crippen LogP contribution in [0.5, 0.6) is 0 Å². The average Bonchev–Trinajstić information content (AvgIpc) is 2.42. The summed E-state index contributed by atoms with van der Waals surface area (Å²) in [6, 6.07) is 0. The van der Waals surface area contributed by atoms with Crippen molar-refractivity contribution in [1.82, 2.24) is 0 Å². The summed E-state index contributed by atoms with van der Waals surface area (Å²) >= 11 is 1.81. The Kier molecular flexibility index (Phi) is 5.56. The van der Waals surface area contributed by atoms with Crippen LogP contribution in [0.25, 0.3) is 0 Å². The van der Waals surface area contributed by atoms with Crippen molar-refractivity contribution in [2.45, 2.75) is 44.6 Å². The number of hydrogen-bond donors (Lipinski definition) is 1. The third-order valence-corrected chi connectivity index (χ3v) is 3.24. The molecule has 76 valence electrons. The van der Waals surface area contributed by atoms with Crippen molar-refractivity contribution in [3.05, 3.63) is 11.6 Å². The standard InChI is InChI=1S/C11H20OS/c1-13-9-8-11(12)10-6-4-2-3-5-7-10/h6,11-12H,2-5,7-9H2,1H3. The number of aliphatic hydroxyl groups is 1. The average molecular weight is 200 g/mol. The van der Waals surface area contributed by atoms with Crippen LogP contribution < -0.4 is 0 Å². The van der Waals surface area contributed by atoms with Gasteiger partial charge in [-0.3, -0.25) is 0 Å². The summed E-state index contributed by atoms with van der Waals surface area (Å²) in [5.41, 5.74) is 1.30. The number of hydrogen-bond acceptors (Lipinski definition) is 2. The Morgan fingerprint density at radius 3 is 3.08 bits per heavy atom. The zero-order valence-corrected chi connectivity index (χ0v) is 9.28. The van der Waals surface area contributed by atoms with Gasteiger partial charge in [0, 0.05) is 0 Å². The Labute approximate surface area is 85.6 Å². The SMILES string of the molecule is CSCCC(O)C1=CCCCCC1. The molecule has 2 heteroatoms. The maximum atomic E-state index is 9.85. The first kappa shape index (κ1) is 11.1. The van der Waals surface area contributed by atoms with Gasteiger partial charge in [-0.15, -0.1) is 0 Å². The van der Waals surface area contributed by atoms with E-state index in [0.29, 0.717) is 0 Å². The normalized spacial score (nSPS) is 20.6. The second-order valence-electron chi connectivity index (χ2n) is 3.68. The lowest BCUT2D eigenvalue weighted by atomic mass is 10.0. The fraction of sp³-hybridized carbons (Fsp3) is 0.818. The second kappa shape index (κ2) is 6.50. The molecular weight excluding hydrogens is 180 g/mol. The molecule has 0 aromatic heterocycles. The topological polar surface area (TPSA) is 20.2 Å². The van der Waals surface area contributed by atoms with Gasteiger partial charge in [0.2, 0.25) is 0 Å². The molecule has 0 saturated heterocycles. The molecule has 0 bridgehead atoms. The van der Waals surface area contributed by atoms with Crippen LogP contribution in [0.3, 0.4) is 0 Å². The highest BCUT2D eigenvalue weighted by Gasteiger charge is 2.11. The van der Waals surface area contributed by atoms with Crippen LogP contribution in [0.1, 0.15) is 38.5 Å². The van der Waals surface area contributed by atoms with Crippen LogP contribution in [-0.4, -0.2) is 23.2 Å². The van der Waals surface area contributed by atoms with Crippen molar-refractivity contribution < 1.29 is 5.11 Å². The molecule has 0 radical (unpaired) electrons. The molecule has 1 aliphatic rings. The largest absolute Gasteiger partial charge is 0.389 e. The number of allylic oxidation sites excluding steroid dienone is 1. The Morgan fingerprint density at radius 1 is 1.46 bits per heavy atom. The van der Waals surface area contributed by atoms with E-state index in [0.717, 1.165) is 18.6 Å². The van der Waals surface area contributed by atoms with Gasteiger partial charge in [0.25, 0.3) is 0 Å². The number of aliphatic hydroxyl groups excluding tert-OH is 1. The molecule has 0 saturated carbocycles. The quantitative estimate of drug-likeness (QED) is 0.704. The minimum Gasteiger partial charge on any atom is -0.389 e. The van der Waals surface area contributed by atoms with Gasteiger partial charge in [-0.05, 0) is 49.7 Å².